The van der Waals surface area contributed by atoms with Crippen LogP contribution in [-0.4, -0.2) is 11.1 Å². The van der Waals surface area contributed by atoms with Crippen molar-refractivity contribution in [2.45, 2.75) is 0 Å². The normalized spacial score (nSPS) is 10.6. The van der Waals surface area contributed by atoms with Gasteiger partial charge in [-0.2, -0.15) is 0 Å². The Kier molecular flexibility index (Phi) is 4.11. The molecule has 0 saturated carbocycles. The standard InChI is InChI=1S/C15H10Cl2N2O2S/c16-10-2-1-3-11(14(10)17)18-15(21)19-13-6-8-4-5-9(20)7-12(8)22-13/h1-7,20H,(H2,18,19,21). The Hall–Kier alpha value is -1.95. The van der Waals surface area contributed by atoms with E-state index >= 15 is 0 Å². The Morgan fingerprint density at radius 2 is 1.91 bits per heavy atom. The molecule has 2 aromatic carbocycles. The minimum absolute atomic E-state index is 0.191. The summed E-state index contributed by atoms with van der Waals surface area (Å²) in [6.45, 7) is 0. The molecule has 7 heteroatoms. The zero-order valence-corrected chi connectivity index (χ0v) is 13.4. The number of halogens is 2. The summed E-state index contributed by atoms with van der Waals surface area (Å²) in [5, 5.41) is 17.1. The highest BCUT2D eigenvalue weighted by atomic mass is 35.5. The zero-order valence-electron chi connectivity index (χ0n) is 11.1. The number of amides is 2. The van der Waals surface area contributed by atoms with Gasteiger partial charge in [-0.3, -0.25) is 5.32 Å². The van der Waals surface area contributed by atoms with Crippen molar-refractivity contribution in [3.63, 3.8) is 0 Å². The van der Waals surface area contributed by atoms with Gasteiger partial charge in [0.2, 0.25) is 0 Å². The quantitative estimate of drug-likeness (QED) is 0.565. The van der Waals surface area contributed by atoms with Crippen LogP contribution in [0, 0.1) is 0 Å². The van der Waals surface area contributed by atoms with Crippen LogP contribution in [0.2, 0.25) is 10.0 Å². The first-order valence-electron chi connectivity index (χ1n) is 6.27. The predicted molar refractivity (Wildman–Crippen MR) is 92.6 cm³/mol. The molecular weight excluding hydrogens is 343 g/mol. The van der Waals surface area contributed by atoms with Gasteiger partial charge >= 0.3 is 6.03 Å². The number of urea groups is 1. The number of carbonyl (C=O) groups excluding carboxylic acids is 1. The summed E-state index contributed by atoms with van der Waals surface area (Å²) in [6.07, 6.45) is 0. The topological polar surface area (TPSA) is 61.4 Å². The fourth-order valence-electron chi connectivity index (χ4n) is 1.95. The van der Waals surface area contributed by atoms with E-state index in [0.717, 1.165) is 10.1 Å². The molecule has 3 rings (SSSR count). The first-order valence-corrected chi connectivity index (χ1v) is 7.85. The Bertz CT molecular complexity index is 864. The molecule has 0 radical (unpaired) electrons. The van der Waals surface area contributed by atoms with E-state index in [-0.39, 0.29) is 5.75 Å². The molecule has 3 N–H and O–H groups in total. The number of phenols is 1. The van der Waals surface area contributed by atoms with Gasteiger partial charge in [-0.1, -0.05) is 29.3 Å². The number of thiophene rings is 1. The van der Waals surface area contributed by atoms with Gasteiger partial charge in [-0.15, -0.1) is 11.3 Å². The lowest BCUT2D eigenvalue weighted by Gasteiger charge is -2.08. The molecule has 112 valence electrons. The Balaban J connectivity index is 1.76. The van der Waals surface area contributed by atoms with E-state index in [4.69, 9.17) is 23.2 Å². The van der Waals surface area contributed by atoms with E-state index in [2.05, 4.69) is 10.6 Å². The van der Waals surface area contributed by atoms with Crippen LogP contribution in [0.5, 0.6) is 5.75 Å². The molecule has 0 aliphatic carbocycles. The van der Waals surface area contributed by atoms with Crippen LogP contribution >= 0.6 is 34.5 Å². The van der Waals surface area contributed by atoms with E-state index < -0.39 is 6.03 Å². The number of aromatic hydroxyl groups is 1. The van der Waals surface area contributed by atoms with Crippen molar-refractivity contribution >= 4 is 61.3 Å². The molecule has 0 spiro atoms. The van der Waals surface area contributed by atoms with Crippen LogP contribution in [-0.2, 0) is 0 Å². The van der Waals surface area contributed by atoms with E-state index in [9.17, 15) is 9.90 Å². The highest BCUT2D eigenvalue weighted by Crippen LogP contribution is 2.33. The molecule has 0 aliphatic rings. The molecule has 3 aromatic rings. The number of phenolic OH excluding ortho intramolecular Hbond substituents is 1. The maximum atomic E-state index is 12.0. The molecule has 0 saturated heterocycles. The highest BCUT2D eigenvalue weighted by molar-refractivity contribution is 7.23. The molecule has 0 fully saturated rings. The molecule has 2 amide bonds. The van der Waals surface area contributed by atoms with Crippen molar-refractivity contribution in [2.24, 2.45) is 0 Å². The molecule has 4 nitrogen and oxygen atoms in total. The molecular formula is C15H10Cl2N2O2S. The zero-order chi connectivity index (χ0) is 15.7. The van der Waals surface area contributed by atoms with Gasteiger partial charge < -0.3 is 10.4 Å². The molecule has 0 atom stereocenters. The minimum atomic E-state index is -0.417. The van der Waals surface area contributed by atoms with Crippen LogP contribution in [0.25, 0.3) is 10.1 Å². The fourth-order valence-corrected chi connectivity index (χ4v) is 3.29. The number of anilines is 2. The summed E-state index contributed by atoms with van der Waals surface area (Å²) in [4.78, 5) is 12.0. The van der Waals surface area contributed by atoms with Crippen LogP contribution in [0.4, 0.5) is 15.5 Å². The van der Waals surface area contributed by atoms with Gasteiger partial charge in [-0.05, 0) is 41.8 Å². The number of nitrogens with one attached hydrogen (secondary N) is 2. The van der Waals surface area contributed by atoms with Gasteiger partial charge in [0, 0.05) is 4.70 Å². The third kappa shape index (κ3) is 3.11. The SMILES string of the molecule is O=C(Nc1cc2ccc(O)cc2s1)Nc1cccc(Cl)c1Cl. The first-order chi connectivity index (χ1) is 10.5. The number of hydrogen-bond donors (Lipinski definition) is 3. The lowest BCUT2D eigenvalue weighted by Crippen LogP contribution is -2.18. The second-order valence-corrected chi connectivity index (χ2v) is 6.38. The summed E-state index contributed by atoms with van der Waals surface area (Å²) in [6, 6.07) is 11.5. The smallest absolute Gasteiger partial charge is 0.324 e. The lowest BCUT2D eigenvalue weighted by molar-refractivity contribution is 0.262. The predicted octanol–water partition coefficient (Wildman–Crippen LogP) is 5.56. The van der Waals surface area contributed by atoms with Gasteiger partial charge in [0.1, 0.15) is 5.75 Å². The summed E-state index contributed by atoms with van der Waals surface area (Å²) in [5.74, 6) is 0.191. The lowest BCUT2D eigenvalue weighted by atomic mass is 10.2. The molecule has 0 unspecified atom stereocenters. The summed E-state index contributed by atoms with van der Waals surface area (Å²) >= 11 is 13.3. The van der Waals surface area contributed by atoms with Crippen molar-refractivity contribution < 1.29 is 9.90 Å². The average Bonchev–Trinajstić information content (AvgIpc) is 2.85. The number of carbonyl (C=O) groups is 1. The van der Waals surface area contributed by atoms with Gasteiger partial charge in [0.15, 0.2) is 0 Å². The third-order valence-corrected chi connectivity index (χ3v) is 4.77. The number of rotatable bonds is 2. The summed E-state index contributed by atoms with van der Waals surface area (Å²) < 4.78 is 0.885. The molecule has 1 aromatic heterocycles. The fraction of sp³-hybridized carbons (Fsp3) is 0. The molecule has 0 aliphatic heterocycles. The highest BCUT2D eigenvalue weighted by Gasteiger charge is 2.10. The van der Waals surface area contributed by atoms with E-state index in [1.807, 2.05) is 6.07 Å². The third-order valence-electron chi connectivity index (χ3n) is 2.94. The van der Waals surface area contributed by atoms with Gasteiger partial charge in [0.05, 0.1) is 20.7 Å². The number of fused-ring (bicyclic) bond motifs is 1. The number of hydrogen-bond acceptors (Lipinski definition) is 3. The first kappa shape index (κ1) is 15.0. The van der Waals surface area contributed by atoms with E-state index in [1.54, 1.807) is 36.4 Å². The number of benzene rings is 2. The van der Waals surface area contributed by atoms with E-state index in [0.29, 0.717) is 20.7 Å². The van der Waals surface area contributed by atoms with Crippen LogP contribution in [0.1, 0.15) is 0 Å². The Morgan fingerprint density at radius 3 is 2.73 bits per heavy atom. The Morgan fingerprint density at radius 1 is 1.09 bits per heavy atom. The van der Waals surface area contributed by atoms with Gasteiger partial charge in [0.25, 0.3) is 0 Å². The molecule has 22 heavy (non-hydrogen) atoms. The van der Waals surface area contributed by atoms with Crippen LogP contribution in [0.15, 0.2) is 42.5 Å². The van der Waals surface area contributed by atoms with Crippen molar-refractivity contribution in [2.75, 3.05) is 10.6 Å². The largest absolute Gasteiger partial charge is 0.508 e. The van der Waals surface area contributed by atoms with Crippen LogP contribution in [0.3, 0.4) is 0 Å². The second-order valence-electron chi connectivity index (χ2n) is 4.51. The monoisotopic (exact) mass is 352 g/mol. The van der Waals surface area contributed by atoms with Crippen molar-refractivity contribution in [3.8, 4) is 5.75 Å². The Labute approximate surface area is 140 Å². The van der Waals surface area contributed by atoms with Gasteiger partial charge in [-0.25, -0.2) is 4.79 Å². The second kappa shape index (κ2) is 6.04. The van der Waals surface area contributed by atoms with E-state index in [1.165, 1.54) is 11.3 Å². The summed E-state index contributed by atoms with van der Waals surface area (Å²) in [7, 11) is 0. The van der Waals surface area contributed by atoms with Crippen LogP contribution < -0.4 is 10.6 Å². The average molecular weight is 353 g/mol. The maximum absolute atomic E-state index is 12.0. The minimum Gasteiger partial charge on any atom is -0.508 e. The molecule has 1 heterocycles. The summed E-state index contributed by atoms with van der Waals surface area (Å²) in [5.41, 5.74) is 0.436. The van der Waals surface area contributed by atoms with Crippen molar-refractivity contribution in [1.82, 2.24) is 0 Å². The van der Waals surface area contributed by atoms with Crippen molar-refractivity contribution in [3.05, 3.63) is 52.5 Å². The van der Waals surface area contributed by atoms with Crippen molar-refractivity contribution in [1.29, 1.82) is 0 Å². The maximum Gasteiger partial charge on any atom is 0.324 e. The molecule has 0 bridgehead atoms.